The summed E-state index contributed by atoms with van der Waals surface area (Å²) in [6.07, 6.45) is 0.251. The van der Waals surface area contributed by atoms with Crippen LogP contribution in [0.1, 0.15) is 28.4 Å². The molecule has 1 saturated heterocycles. The Bertz CT molecular complexity index is 918. The molecule has 3 N–H and O–H groups in total. The quantitative estimate of drug-likeness (QED) is 0.632. The maximum absolute atomic E-state index is 12.6. The topological polar surface area (TPSA) is 103 Å². The molecule has 1 aliphatic rings. The van der Waals surface area contributed by atoms with E-state index in [-0.39, 0.29) is 18.6 Å². The lowest BCUT2D eigenvalue weighted by Crippen LogP contribution is -2.40. The number of morpholine rings is 1. The van der Waals surface area contributed by atoms with E-state index in [0.29, 0.717) is 23.6 Å². The number of amides is 2. The zero-order valence-electron chi connectivity index (χ0n) is 17.9. The second-order valence-electron chi connectivity index (χ2n) is 7.54. The summed E-state index contributed by atoms with van der Waals surface area (Å²) >= 11 is 0. The lowest BCUT2D eigenvalue weighted by atomic mass is 10.1. The van der Waals surface area contributed by atoms with E-state index in [4.69, 9.17) is 19.9 Å². The predicted molar refractivity (Wildman–Crippen MR) is 116 cm³/mol. The Labute approximate surface area is 182 Å². The van der Waals surface area contributed by atoms with Crippen molar-refractivity contribution in [3.05, 3.63) is 59.2 Å². The largest absolute Gasteiger partial charge is 0.493 e. The average Bonchev–Trinajstić information content (AvgIpc) is 2.76. The van der Waals surface area contributed by atoms with Gasteiger partial charge in [-0.05, 0) is 36.2 Å². The van der Waals surface area contributed by atoms with Gasteiger partial charge in [-0.15, -0.1) is 0 Å². The standard InChI is InChI=1S/C23H29N3O5/c1-16-13-26(8-9-30-16)14-18-5-3-4-17(10-18)12-25-23(28)19-6-7-20(21(11-19)29-2)31-15-22(24)27/h3-7,10-11,16H,8-9,12-15H2,1-2H3,(H2,24,27)(H,25,28). The minimum absolute atomic E-state index is 0.229. The van der Waals surface area contributed by atoms with Gasteiger partial charge in [0.1, 0.15) is 0 Å². The number of hydrogen-bond acceptors (Lipinski definition) is 6. The molecule has 0 aliphatic carbocycles. The summed E-state index contributed by atoms with van der Waals surface area (Å²) in [5.74, 6) is -0.111. The van der Waals surface area contributed by atoms with Gasteiger partial charge in [0, 0.05) is 31.7 Å². The molecule has 8 heteroatoms. The van der Waals surface area contributed by atoms with Crippen molar-refractivity contribution in [2.24, 2.45) is 5.73 Å². The molecule has 1 atom stereocenters. The number of benzene rings is 2. The fourth-order valence-corrected chi connectivity index (χ4v) is 3.49. The number of methoxy groups -OCH3 is 1. The molecule has 0 aromatic heterocycles. The van der Waals surface area contributed by atoms with Gasteiger partial charge < -0.3 is 25.3 Å². The van der Waals surface area contributed by atoms with Crippen LogP contribution in [-0.2, 0) is 22.6 Å². The van der Waals surface area contributed by atoms with Gasteiger partial charge in [-0.25, -0.2) is 0 Å². The van der Waals surface area contributed by atoms with Crippen LogP contribution in [0.25, 0.3) is 0 Å². The van der Waals surface area contributed by atoms with Crippen molar-refractivity contribution in [3.63, 3.8) is 0 Å². The zero-order valence-corrected chi connectivity index (χ0v) is 17.9. The zero-order chi connectivity index (χ0) is 22.2. The second-order valence-corrected chi connectivity index (χ2v) is 7.54. The highest BCUT2D eigenvalue weighted by Crippen LogP contribution is 2.28. The summed E-state index contributed by atoms with van der Waals surface area (Å²) in [6.45, 7) is 5.69. The minimum atomic E-state index is -0.589. The molecule has 1 heterocycles. The lowest BCUT2D eigenvalue weighted by Gasteiger charge is -2.31. The fourth-order valence-electron chi connectivity index (χ4n) is 3.49. The van der Waals surface area contributed by atoms with Crippen molar-refractivity contribution < 1.29 is 23.8 Å². The first-order valence-electron chi connectivity index (χ1n) is 10.2. The van der Waals surface area contributed by atoms with E-state index in [0.717, 1.165) is 31.8 Å². The van der Waals surface area contributed by atoms with Gasteiger partial charge in [0.2, 0.25) is 0 Å². The van der Waals surface area contributed by atoms with E-state index in [1.165, 1.54) is 12.7 Å². The van der Waals surface area contributed by atoms with E-state index in [2.05, 4.69) is 29.3 Å². The molecule has 1 fully saturated rings. The molecule has 8 nitrogen and oxygen atoms in total. The third-order valence-corrected chi connectivity index (χ3v) is 4.97. The van der Waals surface area contributed by atoms with Crippen LogP contribution >= 0.6 is 0 Å². The van der Waals surface area contributed by atoms with Crippen molar-refractivity contribution in [2.45, 2.75) is 26.1 Å². The number of ether oxygens (including phenoxy) is 3. The summed E-state index contributed by atoms with van der Waals surface area (Å²) in [4.78, 5) is 25.9. The highest BCUT2D eigenvalue weighted by Gasteiger charge is 2.17. The van der Waals surface area contributed by atoms with Crippen molar-refractivity contribution >= 4 is 11.8 Å². The maximum atomic E-state index is 12.6. The molecule has 2 aromatic carbocycles. The molecule has 1 unspecified atom stereocenters. The van der Waals surface area contributed by atoms with Gasteiger partial charge in [-0.2, -0.15) is 0 Å². The van der Waals surface area contributed by atoms with Crippen LogP contribution in [0.5, 0.6) is 11.5 Å². The molecule has 0 saturated carbocycles. The van der Waals surface area contributed by atoms with Crippen LogP contribution < -0.4 is 20.5 Å². The molecule has 3 rings (SSSR count). The number of carbonyl (C=O) groups is 2. The number of nitrogens with zero attached hydrogens (tertiary/aromatic N) is 1. The van der Waals surface area contributed by atoms with Gasteiger partial charge >= 0.3 is 0 Å². The summed E-state index contributed by atoms with van der Waals surface area (Å²) < 4.78 is 16.1. The normalized spacial score (nSPS) is 16.5. The number of rotatable bonds is 9. The summed E-state index contributed by atoms with van der Waals surface area (Å²) in [7, 11) is 1.47. The van der Waals surface area contributed by atoms with E-state index in [9.17, 15) is 9.59 Å². The predicted octanol–water partition coefficient (Wildman–Crippen LogP) is 1.71. The smallest absolute Gasteiger partial charge is 0.255 e. The Kier molecular flexibility index (Phi) is 7.86. The molecule has 0 spiro atoms. The van der Waals surface area contributed by atoms with Crippen LogP contribution in [0.3, 0.4) is 0 Å². The van der Waals surface area contributed by atoms with E-state index >= 15 is 0 Å². The Hall–Kier alpha value is -3.10. The van der Waals surface area contributed by atoms with Crippen molar-refractivity contribution in [3.8, 4) is 11.5 Å². The van der Waals surface area contributed by atoms with Crippen LogP contribution in [0.4, 0.5) is 0 Å². The molecule has 2 amide bonds. The van der Waals surface area contributed by atoms with Crippen molar-refractivity contribution in [1.29, 1.82) is 0 Å². The van der Waals surface area contributed by atoms with Crippen LogP contribution in [-0.4, -0.2) is 56.2 Å². The van der Waals surface area contributed by atoms with Gasteiger partial charge in [0.05, 0.1) is 19.8 Å². The first kappa shape index (κ1) is 22.6. The van der Waals surface area contributed by atoms with E-state index in [1.54, 1.807) is 18.2 Å². The maximum Gasteiger partial charge on any atom is 0.255 e. The van der Waals surface area contributed by atoms with E-state index < -0.39 is 5.91 Å². The lowest BCUT2D eigenvalue weighted by molar-refractivity contribution is -0.119. The average molecular weight is 428 g/mol. The third-order valence-electron chi connectivity index (χ3n) is 4.97. The molecular weight excluding hydrogens is 398 g/mol. The second kappa shape index (κ2) is 10.8. The number of nitrogens with one attached hydrogen (secondary N) is 1. The fraction of sp³-hybridized carbons (Fsp3) is 0.391. The minimum Gasteiger partial charge on any atom is -0.493 e. The van der Waals surface area contributed by atoms with Crippen molar-refractivity contribution in [2.75, 3.05) is 33.4 Å². The third kappa shape index (κ3) is 6.70. The Morgan fingerprint density at radius 3 is 2.74 bits per heavy atom. The number of primary amides is 1. The number of nitrogens with two attached hydrogens (primary N) is 1. The van der Waals surface area contributed by atoms with Gasteiger partial charge in [0.15, 0.2) is 18.1 Å². The number of carbonyl (C=O) groups excluding carboxylic acids is 2. The molecule has 2 aromatic rings. The molecule has 0 radical (unpaired) electrons. The molecular formula is C23H29N3O5. The Morgan fingerprint density at radius 2 is 2.00 bits per heavy atom. The highest BCUT2D eigenvalue weighted by molar-refractivity contribution is 5.94. The molecule has 0 bridgehead atoms. The monoisotopic (exact) mass is 427 g/mol. The first-order chi connectivity index (χ1) is 14.9. The first-order valence-corrected chi connectivity index (χ1v) is 10.2. The van der Waals surface area contributed by atoms with Gasteiger partial charge in [0.25, 0.3) is 11.8 Å². The van der Waals surface area contributed by atoms with Crippen LogP contribution in [0, 0.1) is 0 Å². The molecule has 166 valence electrons. The van der Waals surface area contributed by atoms with Crippen LogP contribution in [0.2, 0.25) is 0 Å². The number of hydrogen-bond donors (Lipinski definition) is 2. The van der Waals surface area contributed by atoms with Crippen LogP contribution in [0.15, 0.2) is 42.5 Å². The highest BCUT2D eigenvalue weighted by atomic mass is 16.5. The summed E-state index contributed by atoms with van der Waals surface area (Å²) in [5, 5.41) is 2.93. The summed E-state index contributed by atoms with van der Waals surface area (Å²) in [5.41, 5.74) is 7.76. The van der Waals surface area contributed by atoms with Gasteiger partial charge in [-0.1, -0.05) is 24.3 Å². The molecule has 31 heavy (non-hydrogen) atoms. The Morgan fingerprint density at radius 1 is 1.19 bits per heavy atom. The summed E-state index contributed by atoms with van der Waals surface area (Å²) in [6, 6.07) is 13.0. The SMILES string of the molecule is COc1cc(C(=O)NCc2cccc(CN3CCOC(C)C3)c2)ccc1OCC(N)=O. The Balaban J connectivity index is 1.58. The molecule has 1 aliphatic heterocycles. The van der Waals surface area contributed by atoms with Crippen molar-refractivity contribution in [1.82, 2.24) is 10.2 Å². The van der Waals surface area contributed by atoms with Gasteiger partial charge in [-0.3, -0.25) is 14.5 Å². The van der Waals surface area contributed by atoms with E-state index in [1.807, 2.05) is 12.1 Å².